The predicted molar refractivity (Wildman–Crippen MR) is 58.4 cm³/mol. The van der Waals surface area contributed by atoms with E-state index in [2.05, 4.69) is 15.3 Å². The van der Waals surface area contributed by atoms with Crippen LogP contribution in [-0.4, -0.2) is 9.97 Å². The number of pyridine rings is 1. The quantitative estimate of drug-likeness (QED) is 0.869. The summed E-state index contributed by atoms with van der Waals surface area (Å²) in [4.78, 5) is 9.12. The van der Waals surface area contributed by atoms with Crippen molar-refractivity contribution in [1.82, 2.24) is 9.97 Å². The van der Waals surface area contributed by atoms with Gasteiger partial charge in [0.25, 0.3) is 0 Å². The third-order valence-corrected chi connectivity index (χ3v) is 2.95. The van der Waals surface area contributed by atoms with Crippen molar-refractivity contribution in [3.8, 4) is 0 Å². The van der Waals surface area contributed by atoms with Crippen molar-refractivity contribution in [2.75, 3.05) is 5.32 Å². The Bertz CT molecular complexity index is 455. The lowest BCUT2D eigenvalue weighted by molar-refractivity contribution is 0.624. The van der Waals surface area contributed by atoms with Crippen LogP contribution in [0.2, 0.25) is 0 Å². The van der Waals surface area contributed by atoms with E-state index < -0.39 is 0 Å². The van der Waals surface area contributed by atoms with Gasteiger partial charge in [-0.2, -0.15) is 0 Å². The Balaban J connectivity index is 2.06. The minimum Gasteiger partial charge on any atom is -0.363 e. The van der Waals surface area contributed by atoms with E-state index in [4.69, 9.17) is 0 Å². The third kappa shape index (κ3) is 2.30. The highest BCUT2D eigenvalue weighted by molar-refractivity contribution is 7.09. The molecule has 2 aromatic rings. The maximum absolute atomic E-state index is 13.2. The standard InChI is InChI=1S/C10H10FN3S/c1-7-9(15-6-14-7)5-13-10-8(11)3-2-4-12-10/h2-4,6H,5H2,1H3,(H,12,13). The summed E-state index contributed by atoms with van der Waals surface area (Å²) >= 11 is 1.55. The first-order valence-corrected chi connectivity index (χ1v) is 5.38. The average Bonchev–Trinajstić information content (AvgIpc) is 2.63. The Morgan fingerprint density at radius 1 is 1.47 bits per heavy atom. The summed E-state index contributed by atoms with van der Waals surface area (Å²) in [5.74, 6) is -0.0510. The monoisotopic (exact) mass is 223 g/mol. The van der Waals surface area contributed by atoms with Crippen molar-refractivity contribution in [3.63, 3.8) is 0 Å². The number of rotatable bonds is 3. The summed E-state index contributed by atoms with van der Waals surface area (Å²) in [6.45, 7) is 2.49. The van der Waals surface area contributed by atoms with Gasteiger partial charge in [-0.15, -0.1) is 11.3 Å². The van der Waals surface area contributed by atoms with E-state index >= 15 is 0 Å². The van der Waals surface area contributed by atoms with E-state index in [-0.39, 0.29) is 11.6 Å². The number of aryl methyl sites for hydroxylation is 1. The van der Waals surface area contributed by atoms with E-state index in [0.717, 1.165) is 10.6 Å². The van der Waals surface area contributed by atoms with E-state index in [1.54, 1.807) is 29.1 Å². The van der Waals surface area contributed by atoms with E-state index in [1.807, 2.05) is 6.92 Å². The molecule has 0 aliphatic heterocycles. The van der Waals surface area contributed by atoms with Crippen molar-refractivity contribution < 1.29 is 4.39 Å². The summed E-state index contributed by atoms with van der Waals surface area (Å²) in [7, 11) is 0. The molecule has 15 heavy (non-hydrogen) atoms. The van der Waals surface area contributed by atoms with Crippen LogP contribution < -0.4 is 5.32 Å². The van der Waals surface area contributed by atoms with Crippen LogP contribution in [0.3, 0.4) is 0 Å². The van der Waals surface area contributed by atoms with Crippen molar-refractivity contribution >= 4 is 17.2 Å². The first-order valence-electron chi connectivity index (χ1n) is 4.50. The predicted octanol–water partition coefficient (Wildman–Crippen LogP) is 2.60. The number of anilines is 1. The summed E-state index contributed by atoms with van der Waals surface area (Å²) in [6, 6.07) is 2.95. The zero-order chi connectivity index (χ0) is 10.7. The van der Waals surface area contributed by atoms with Gasteiger partial charge in [-0.1, -0.05) is 0 Å². The molecule has 0 atom stereocenters. The van der Waals surface area contributed by atoms with Gasteiger partial charge in [-0.3, -0.25) is 0 Å². The second kappa shape index (κ2) is 4.35. The molecule has 3 nitrogen and oxygen atoms in total. The van der Waals surface area contributed by atoms with Crippen molar-refractivity contribution in [2.45, 2.75) is 13.5 Å². The Hall–Kier alpha value is -1.49. The summed E-state index contributed by atoms with van der Waals surface area (Å²) in [5.41, 5.74) is 2.75. The third-order valence-electron chi connectivity index (χ3n) is 2.02. The molecule has 0 spiro atoms. The Kier molecular flexibility index (Phi) is 2.91. The normalized spacial score (nSPS) is 10.3. The largest absolute Gasteiger partial charge is 0.363 e. The fraction of sp³-hybridized carbons (Fsp3) is 0.200. The first kappa shape index (κ1) is 10.0. The van der Waals surface area contributed by atoms with Gasteiger partial charge in [0.2, 0.25) is 0 Å². The molecule has 0 aliphatic carbocycles. The van der Waals surface area contributed by atoms with Crippen LogP contribution in [-0.2, 0) is 6.54 Å². The highest BCUT2D eigenvalue weighted by Crippen LogP contribution is 2.15. The molecular weight excluding hydrogens is 213 g/mol. The zero-order valence-electron chi connectivity index (χ0n) is 8.20. The van der Waals surface area contributed by atoms with Crippen LogP contribution in [0.5, 0.6) is 0 Å². The van der Waals surface area contributed by atoms with Gasteiger partial charge in [0.15, 0.2) is 11.6 Å². The molecule has 0 amide bonds. The molecule has 0 aliphatic rings. The summed E-state index contributed by atoms with van der Waals surface area (Å²) < 4.78 is 13.2. The van der Waals surface area contributed by atoms with Gasteiger partial charge in [-0.05, 0) is 19.1 Å². The molecule has 0 aromatic carbocycles. The molecule has 2 aromatic heterocycles. The second-order valence-corrected chi connectivity index (χ2v) is 3.99. The maximum Gasteiger partial charge on any atom is 0.165 e. The van der Waals surface area contributed by atoms with Gasteiger partial charge in [-0.25, -0.2) is 14.4 Å². The Labute approximate surface area is 91.0 Å². The number of nitrogens with one attached hydrogen (secondary N) is 1. The fourth-order valence-electron chi connectivity index (χ4n) is 1.18. The lowest BCUT2D eigenvalue weighted by Gasteiger charge is -2.04. The molecular formula is C10H10FN3S. The molecule has 2 rings (SSSR count). The number of thiazole rings is 1. The SMILES string of the molecule is Cc1ncsc1CNc1ncccc1F. The molecule has 78 valence electrons. The van der Waals surface area contributed by atoms with Crippen molar-refractivity contribution in [3.05, 3.63) is 40.2 Å². The lowest BCUT2D eigenvalue weighted by atomic mass is 10.4. The van der Waals surface area contributed by atoms with Crippen molar-refractivity contribution in [1.29, 1.82) is 0 Å². The summed E-state index contributed by atoms with van der Waals surface area (Å²) in [5, 5.41) is 2.94. The highest BCUT2D eigenvalue weighted by atomic mass is 32.1. The second-order valence-electron chi connectivity index (χ2n) is 3.05. The van der Waals surface area contributed by atoms with Crippen LogP contribution in [0.1, 0.15) is 10.6 Å². The van der Waals surface area contributed by atoms with Crippen LogP contribution in [0.15, 0.2) is 23.8 Å². The Morgan fingerprint density at radius 3 is 3.00 bits per heavy atom. The number of halogens is 1. The molecule has 0 unspecified atom stereocenters. The first-order chi connectivity index (χ1) is 7.27. The highest BCUT2D eigenvalue weighted by Gasteiger charge is 2.04. The van der Waals surface area contributed by atoms with Gasteiger partial charge >= 0.3 is 0 Å². The van der Waals surface area contributed by atoms with Crippen LogP contribution in [0.4, 0.5) is 10.2 Å². The van der Waals surface area contributed by atoms with E-state index in [0.29, 0.717) is 6.54 Å². The van der Waals surface area contributed by atoms with Gasteiger partial charge in [0.1, 0.15) is 0 Å². The molecule has 0 bridgehead atoms. The van der Waals surface area contributed by atoms with Crippen LogP contribution >= 0.6 is 11.3 Å². The molecule has 0 saturated heterocycles. The smallest absolute Gasteiger partial charge is 0.165 e. The minimum absolute atomic E-state index is 0.283. The van der Waals surface area contributed by atoms with Gasteiger partial charge in [0, 0.05) is 11.1 Å². The average molecular weight is 223 g/mol. The number of hydrogen-bond acceptors (Lipinski definition) is 4. The van der Waals surface area contributed by atoms with Gasteiger partial charge < -0.3 is 5.32 Å². The fourth-order valence-corrected chi connectivity index (χ4v) is 1.89. The molecule has 5 heteroatoms. The number of nitrogens with zero attached hydrogens (tertiary/aromatic N) is 2. The zero-order valence-corrected chi connectivity index (χ0v) is 9.01. The van der Waals surface area contributed by atoms with E-state index in [1.165, 1.54) is 6.07 Å². The molecule has 0 radical (unpaired) electrons. The lowest BCUT2D eigenvalue weighted by Crippen LogP contribution is -2.02. The van der Waals surface area contributed by atoms with E-state index in [9.17, 15) is 4.39 Å². The Morgan fingerprint density at radius 2 is 2.33 bits per heavy atom. The molecule has 1 N–H and O–H groups in total. The van der Waals surface area contributed by atoms with Crippen LogP contribution in [0, 0.1) is 12.7 Å². The molecule has 2 heterocycles. The van der Waals surface area contributed by atoms with Crippen LogP contribution in [0.25, 0.3) is 0 Å². The maximum atomic E-state index is 13.2. The number of hydrogen-bond donors (Lipinski definition) is 1. The molecule has 0 saturated carbocycles. The number of aromatic nitrogens is 2. The molecule has 0 fully saturated rings. The van der Waals surface area contributed by atoms with Crippen molar-refractivity contribution in [2.24, 2.45) is 0 Å². The summed E-state index contributed by atoms with van der Waals surface area (Å²) in [6.07, 6.45) is 1.56. The van der Waals surface area contributed by atoms with Gasteiger partial charge in [0.05, 0.1) is 17.7 Å². The minimum atomic E-state index is -0.334. The topological polar surface area (TPSA) is 37.8 Å².